The Morgan fingerprint density at radius 2 is 1.97 bits per heavy atom. The molecule has 0 aromatic heterocycles. The molecule has 7 nitrogen and oxygen atoms in total. The Bertz CT molecular complexity index is 882. The molecule has 174 valence electrons. The zero-order chi connectivity index (χ0) is 22.9. The molecule has 0 aliphatic carbocycles. The van der Waals surface area contributed by atoms with Crippen LogP contribution in [0, 0.1) is 11.7 Å². The number of carbonyl (C=O) groups is 3. The molecule has 1 aromatic carbocycles. The van der Waals surface area contributed by atoms with Crippen LogP contribution in [0.4, 0.5) is 9.18 Å². The van der Waals surface area contributed by atoms with Crippen molar-refractivity contribution < 1.29 is 18.8 Å². The van der Waals surface area contributed by atoms with Crippen molar-refractivity contribution in [2.45, 2.75) is 57.5 Å². The minimum absolute atomic E-state index is 0.107. The van der Waals surface area contributed by atoms with Gasteiger partial charge in [0.05, 0.1) is 12.5 Å². The molecule has 1 spiro atoms. The smallest absolute Gasteiger partial charge is 0.325 e. The summed E-state index contributed by atoms with van der Waals surface area (Å²) >= 11 is 0. The molecular weight excluding hydrogens is 411 g/mol. The van der Waals surface area contributed by atoms with Crippen LogP contribution >= 0.6 is 0 Å². The molecule has 3 fully saturated rings. The minimum atomic E-state index is -0.807. The third-order valence-electron chi connectivity index (χ3n) is 6.88. The Balaban J connectivity index is 1.39. The van der Waals surface area contributed by atoms with E-state index in [1.165, 1.54) is 17.0 Å². The lowest BCUT2D eigenvalue weighted by molar-refractivity contribution is -0.139. The number of halogens is 1. The van der Waals surface area contributed by atoms with Gasteiger partial charge in [0, 0.05) is 32.7 Å². The average molecular weight is 445 g/mol. The van der Waals surface area contributed by atoms with Crippen LogP contribution in [0.15, 0.2) is 24.3 Å². The second kappa shape index (κ2) is 9.17. The summed E-state index contributed by atoms with van der Waals surface area (Å²) in [6.45, 7) is 7.86. The monoisotopic (exact) mass is 444 g/mol. The first-order chi connectivity index (χ1) is 15.3. The summed E-state index contributed by atoms with van der Waals surface area (Å²) in [5.74, 6) is -0.0522. The zero-order valence-corrected chi connectivity index (χ0v) is 19.0. The average Bonchev–Trinajstić information content (AvgIpc) is 2.99. The van der Waals surface area contributed by atoms with Gasteiger partial charge < -0.3 is 15.1 Å². The van der Waals surface area contributed by atoms with Crippen molar-refractivity contribution in [2.75, 3.05) is 32.7 Å². The Kier molecular flexibility index (Phi) is 6.51. The number of likely N-dealkylation sites (tertiary alicyclic amines) is 2. The Labute approximate surface area is 188 Å². The summed E-state index contributed by atoms with van der Waals surface area (Å²) in [5, 5.41) is 3.00. The van der Waals surface area contributed by atoms with Crippen molar-refractivity contribution in [3.8, 4) is 0 Å². The third-order valence-corrected chi connectivity index (χ3v) is 6.88. The largest absolute Gasteiger partial charge is 0.340 e. The lowest BCUT2D eigenvalue weighted by Gasteiger charge is -2.39. The van der Waals surface area contributed by atoms with Gasteiger partial charge in [-0.2, -0.15) is 0 Å². The van der Waals surface area contributed by atoms with Gasteiger partial charge in [0.25, 0.3) is 5.91 Å². The van der Waals surface area contributed by atoms with Crippen LogP contribution < -0.4 is 5.32 Å². The molecule has 3 aliphatic rings. The van der Waals surface area contributed by atoms with E-state index in [1.54, 1.807) is 17.0 Å². The summed E-state index contributed by atoms with van der Waals surface area (Å²) in [4.78, 5) is 44.5. The molecule has 0 radical (unpaired) electrons. The molecule has 1 N–H and O–H groups in total. The molecule has 0 bridgehead atoms. The van der Waals surface area contributed by atoms with Gasteiger partial charge in [-0.05, 0) is 49.3 Å². The van der Waals surface area contributed by atoms with E-state index in [0.29, 0.717) is 43.8 Å². The molecule has 4 rings (SSSR count). The molecule has 32 heavy (non-hydrogen) atoms. The summed E-state index contributed by atoms with van der Waals surface area (Å²) in [7, 11) is 0. The molecule has 4 amide bonds. The number of benzene rings is 1. The van der Waals surface area contributed by atoms with Crippen molar-refractivity contribution in [3.63, 3.8) is 0 Å². The van der Waals surface area contributed by atoms with Crippen molar-refractivity contribution in [1.82, 2.24) is 20.0 Å². The highest BCUT2D eigenvalue weighted by molar-refractivity contribution is 6.07. The third kappa shape index (κ3) is 4.65. The number of nitrogens with one attached hydrogen (secondary N) is 1. The SMILES string of the molecule is CC(C)CN1CCC2(CC1)NC(=O)N([C@H]1CCCN(C(=O)Cc3cccc(F)c3)C1)C2=O. The summed E-state index contributed by atoms with van der Waals surface area (Å²) in [6.07, 6.45) is 2.77. The minimum Gasteiger partial charge on any atom is -0.340 e. The van der Waals surface area contributed by atoms with E-state index < -0.39 is 5.54 Å². The molecule has 1 atom stereocenters. The van der Waals surface area contributed by atoms with Crippen molar-refractivity contribution >= 4 is 17.8 Å². The molecule has 3 heterocycles. The molecule has 1 aromatic rings. The molecule has 3 saturated heterocycles. The highest BCUT2D eigenvalue weighted by Crippen LogP contribution is 2.32. The fourth-order valence-electron chi connectivity index (χ4n) is 5.27. The maximum Gasteiger partial charge on any atom is 0.325 e. The molecular formula is C24H33FN4O3. The quantitative estimate of drug-likeness (QED) is 0.708. The number of piperidine rings is 2. The second-order valence-corrected chi connectivity index (χ2v) is 9.82. The number of urea groups is 1. The second-order valence-electron chi connectivity index (χ2n) is 9.82. The highest BCUT2D eigenvalue weighted by atomic mass is 19.1. The highest BCUT2D eigenvalue weighted by Gasteiger charge is 2.54. The van der Waals surface area contributed by atoms with E-state index in [0.717, 1.165) is 26.1 Å². The van der Waals surface area contributed by atoms with Crippen LogP contribution in [0.25, 0.3) is 0 Å². The molecule has 0 unspecified atom stereocenters. The number of nitrogens with zero attached hydrogens (tertiary/aromatic N) is 3. The van der Waals surface area contributed by atoms with E-state index in [2.05, 4.69) is 24.1 Å². The van der Waals surface area contributed by atoms with Gasteiger partial charge >= 0.3 is 6.03 Å². The van der Waals surface area contributed by atoms with Crippen molar-refractivity contribution in [2.24, 2.45) is 5.92 Å². The number of hydrogen-bond acceptors (Lipinski definition) is 4. The first-order valence-corrected chi connectivity index (χ1v) is 11.7. The number of amides is 4. The number of hydrogen-bond donors (Lipinski definition) is 1. The van der Waals surface area contributed by atoms with Crippen LogP contribution in [-0.4, -0.2) is 76.8 Å². The van der Waals surface area contributed by atoms with E-state index in [4.69, 9.17) is 0 Å². The van der Waals surface area contributed by atoms with Crippen LogP contribution in [0.3, 0.4) is 0 Å². The van der Waals surface area contributed by atoms with Gasteiger partial charge in [0.15, 0.2) is 0 Å². The van der Waals surface area contributed by atoms with E-state index in [9.17, 15) is 18.8 Å². The predicted molar refractivity (Wildman–Crippen MR) is 118 cm³/mol. The van der Waals surface area contributed by atoms with Crippen LogP contribution in [0.5, 0.6) is 0 Å². The van der Waals surface area contributed by atoms with Gasteiger partial charge in [-0.25, -0.2) is 9.18 Å². The lowest BCUT2D eigenvalue weighted by atomic mass is 9.86. The van der Waals surface area contributed by atoms with Gasteiger partial charge in [0.2, 0.25) is 5.91 Å². The van der Waals surface area contributed by atoms with Gasteiger partial charge in [0.1, 0.15) is 11.4 Å². The molecule has 0 saturated carbocycles. The first-order valence-electron chi connectivity index (χ1n) is 11.7. The Morgan fingerprint density at radius 1 is 1.22 bits per heavy atom. The van der Waals surface area contributed by atoms with E-state index >= 15 is 0 Å². The lowest BCUT2D eigenvalue weighted by Crippen LogP contribution is -2.56. The van der Waals surface area contributed by atoms with Crippen LogP contribution in [-0.2, 0) is 16.0 Å². The van der Waals surface area contributed by atoms with Gasteiger partial charge in [-0.15, -0.1) is 0 Å². The number of carbonyl (C=O) groups excluding carboxylic acids is 3. The topological polar surface area (TPSA) is 73.0 Å². The zero-order valence-electron chi connectivity index (χ0n) is 19.0. The maximum atomic E-state index is 13.5. The molecule has 8 heteroatoms. The summed E-state index contributed by atoms with van der Waals surface area (Å²) in [6, 6.07) is 5.39. The standard InChI is InChI=1S/C24H33FN4O3/c1-17(2)15-27-11-8-24(9-12-27)22(31)29(23(32)26-24)20-7-4-10-28(16-20)21(30)14-18-5-3-6-19(25)13-18/h3,5-6,13,17,20H,4,7-12,14-16H2,1-2H3,(H,26,32)/t20-/m0/s1. The summed E-state index contributed by atoms with van der Waals surface area (Å²) in [5.41, 5.74) is -0.183. The van der Waals surface area contributed by atoms with E-state index in [-0.39, 0.29) is 36.1 Å². The van der Waals surface area contributed by atoms with Crippen LogP contribution in [0.2, 0.25) is 0 Å². The molecule has 3 aliphatic heterocycles. The Hall–Kier alpha value is -2.48. The van der Waals surface area contributed by atoms with Crippen molar-refractivity contribution in [1.29, 1.82) is 0 Å². The fraction of sp³-hybridized carbons (Fsp3) is 0.625. The Morgan fingerprint density at radius 3 is 2.66 bits per heavy atom. The summed E-state index contributed by atoms with van der Waals surface area (Å²) < 4.78 is 13.5. The van der Waals surface area contributed by atoms with E-state index in [1.807, 2.05) is 0 Å². The predicted octanol–water partition coefficient (Wildman–Crippen LogP) is 2.40. The number of imide groups is 1. The fourth-order valence-corrected chi connectivity index (χ4v) is 5.27. The van der Waals surface area contributed by atoms with Crippen molar-refractivity contribution in [3.05, 3.63) is 35.6 Å². The number of rotatable bonds is 5. The first kappa shape index (κ1) is 22.7. The van der Waals surface area contributed by atoms with Gasteiger partial charge in [-0.1, -0.05) is 26.0 Å². The normalized spacial score (nSPS) is 23.8. The van der Waals surface area contributed by atoms with Gasteiger partial charge in [-0.3, -0.25) is 14.5 Å². The maximum absolute atomic E-state index is 13.5. The van der Waals surface area contributed by atoms with Crippen LogP contribution in [0.1, 0.15) is 45.1 Å².